The fourth-order valence-electron chi connectivity index (χ4n) is 5.66. The van der Waals surface area contributed by atoms with Gasteiger partial charge in [0.05, 0.1) is 0 Å². The summed E-state index contributed by atoms with van der Waals surface area (Å²) in [4.78, 5) is 0. The monoisotopic (exact) mass is 752 g/mol. The van der Waals surface area contributed by atoms with Crippen LogP contribution in [0, 0.1) is 0 Å². The highest BCUT2D eigenvalue weighted by Gasteiger charge is 2.11. The summed E-state index contributed by atoms with van der Waals surface area (Å²) in [7, 11) is 0. The van der Waals surface area contributed by atoms with Crippen LogP contribution in [0.4, 0.5) is 11.4 Å². The largest absolute Gasteiger partial charge is 0.457 e. The first kappa shape index (κ1) is 36.0. The molecule has 0 spiro atoms. The lowest BCUT2D eigenvalue weighted by Crippen LogP contribution is -1.92. The summed E-state index contributed by atoms with van der Waals surface area (Å²) in [5.41, 5.74) is 13.0. The van der Waals surface area contributed by atoms with Gasteiger partial charge in [-0.2, -0.15) is 0 Å². The second-order valence-corrected chi connectivity index (χ2v) is 12.6. The lowest BCUT2D eigenvalue weighted by Gasteiger charge is -2.14. The summed E-state index contributed by atoms with van der Waals surface area (Å²) < 4.78 is 42.9. The fraction of sp³-hybridized carbons (Fsp3) is 0. The number of para-hydroxylation sites is 4. The van der Waals surface area contributed by atoms with Gasteiger partial charge < -0.3 is 44.6 Å². The average Bonchev–Trinajstić information content (AvgIpc) is 3.21. The molecule has 280 valence electrons. The molecule has 0 heterocycles. The Hall–Kier alpha value is -8.04. The minimum absolute atomic E-state index is 0.546. The Kier molecular flexibility index (Phi) is 10.7. The zero-order valence-electron chi connectivity index (χ0n) is 30.5. The summed E-state index contributed by atoms with van der Waals surface area (Å²) in [6.07, 6.45) is 0. The number of hydrogen-bond acceptors (Lipinski definition) is 9. The maximum absolute atomic E-state index is 6.22. The minimum Gasteiger partial charge on any atom is -0.457 e. The van der Waals surface area contributed by atoms with Crippen molar-refractivity contribution in [1.29, 1.82) is 0 Å². The zero-order chi connectivity index (χ0) is 38.8. The Morgan fingerprint density at radius 3 is 0.789 bits per heavy atom. The van der Waals surface area contributed by atoms with Crippen LogP contribution in [0.1, 0.15) is 0 Å². The average molecular weight is 753 g/mol. The molecule has 0 atom stereocenters. The Morgan fingerprint density at radius 1 is 0.211 bits per heavy atom. The third-order valence-corrected chi connectivity index (χ3v) is 8.29. The van der Waals surface area contributed by atoms with Crippen LogP contribution in [0.5, 0.6) is 80.5 Å². The molecule has 8 aromatic rings. The molecule has 0 saturated carbocycles. The van der Waals surface area contributed by atoms with Crippen LogP contribution in [0.15, 0.2) is 194 Å². The Morgan fingerprint density at radius 2 is 0.456 bits per heavy atom. The van der Waals surface area contributed by atoms with E-state index in [2.05, 4.69) is 0 Å². The summed E-state index contributed by atoms with van der Waals surface area (Å²) in [6.45, 7) is 0. The van der Waals surface area contributed by atoms with E-state index in [1.54, 1.807) is 24.3 Å². The SMILES string of the molecule is Nc1cccc(Oc2cccc(Oc3ccccc3Oc3ccc(Oc4ccc(Oc5ccccc5Oc5cccc(Oc6cccc(N)c6)c5)cc4)cc3)c2)c1. The molecule has 0 unspecified atom stereocenters. The highest BCUT2D eigenvalue weighted by atomic mass is 16.5. The summed E-state index contributed by atoms with van der Waals surface area (Å²) in [5.74, 6) is 8.38. The first-order valence-electron chi connectivity index (χ1n) is 18.0. The van der Waals surface area contributed by atoms with Crippen LogP contribution in [0.2, 0.25) is 0 Å². The molecule has 0 bridgehead atoms. The van der Waals surface area contributed by atoms with E-state index in [9.17, 15) is 0 Å². The van der Waals surface area contributed by atoms with E-state index in [0.29, 0.717) is 91.9 Å². The summed E-state index contributed by atoms with van der Waals surface area (Å²) in [5, 5.41) is 0. The normalized spacial score (nSPS) is 10.6. The van der Waals surface area contributed by atoms with Gasteiger partial charge in [-0.25, -0.2) is 0 Å². The van der Waals surface area contributed by atoms with Crippen LogP contribution < -0.4 is 44.6 Å². The molecule has 0 aromatic heterocycles. The summed E-state index contributed by atoms with van der Waals surface area (Å²) in [6, 6.07) is 58.8. The van der Waals surface area contributed by atoms with E-state index in [4.69, 9.17) is 44.6 Å². The van der Waals surface area contributed by atoms with E-state index in [1.165, 1.54) is 0 Å². The van der Waals surface area contributed by atoms with Gasteiger partial charge in [-0.15, -0.1) is 0 Å². The van der Waals surface area contributed by atoms with Gasteiger partial charge in [0.15, 0.2) is 23.0 Å². The molecule has 0 saturated heterocycles. The molecule has 0 fully saturated rings. The molecular weight excluding hydrogens is 717 g/mol. The summed E-state index contributed by atoms with van der Waals surface area (Å²) >= 11 is 0. The van der Waals surface area contributed by atoms with Crippen molar-refractivity contribution in [3.63, 3.8) is 0 Å². The maximum atomic E-state index is 6.22. The molecule has 57 heavy (non-hydrogen) atoms. The highest BCUT2D eigenvalue weighted by Crippen LogP contribution is 2.39. The van der Waals surface area contributed by atoms with Gasteiger partial charge in [-0.3, -0.25) is 0 Å². The predicted octanol–water partition coefficient (Wildman–Crippen LogP) is 13.4. The van der Waals surface area contributed by atoms with Crippen molar-refractivity contribution in [3.05, 3.63) is 194 Å². The molecule has 0 aliphatic heterocycles. The van der Waals surface area contributed by atoms with Crippen LogP contribution in [0.25, 0.3) is 0 Å². The topological polar surface area (TPSA) is 117 Å². The second kappa shape index (κ2) is 17.0. The Balaban J connectivity index is 0.870. The van der Waals surface area contributed by atoms with E-state index in [1.807, 2.05) is 170 Å². The number of benzene rings is 8. The maximum Gasteiger partial charge on any atom is 0.169 e. The highest BCUT2D eigenvalue weighted by molar-refractivity contribution is 5.51. The molecule has 0 radical (unpaired) electrons. The van der Waals surface area contributed by atoms with Gasteiger partial charge in [-0.1, -0.05) is 48.5 Å². The predicted molar refractivity (Wildman–Crippen MR) is 221 cm³/mol. The van der Waals surface area contributed by atoms with Crippen molar-refractivity contribution in [1.82, 2.24) is 0 Å². The van der Waals surface area contributed by atoms with Gasteiger partial charge in [0, 0.05) is 35.6 Å². The molecule has 0 aliphatic carbocycles. The van der Waals surface area contributed by atoms with Crippen LogP contribution in [-0.4, -0.2) is 0 Å². The number of ether oxygens (including phenoxy) is 7. The molecule has 0 amide bonds. The van der Waals surface area contributed by atoms with Gasteiger partial charge in [-0.05, 0) is 121 Å². The lowest BCUT2D eigenvalue weighted by atomic mass is 10.2. The van der Waals surface area contributed by atoms with E-state index in [-0.39, 0.29) is 0 Å². The van der Waals surface area contributed by atoms with Crippen molar-refractivity contribution in [2.45, 2.75) is 0 Å². The lowest BCUT2D eigenvalue weighted by molar-refractivity contribution is 0.413. The number of hydrogen-bond donors (Lipinski definition) is 2. The van der Waals surface area contributed by atoms with Crippen LogP contribution in [-0.2, 0) is 0 Å². The third kappa shape index (κ3) is 9.74. The molecule has 4 N–H and O–H groups in total. The van der Waals surface area contributed by atoms with Crippen molar-refractivity contribution in [2.75, 3.05) is 11.5 Å². The molecule has 0 aliphatic rings. The van der Waals surface area contributed by atoms with Crippen molar-refractivity contribution in [3.8, 4) is 80.5 Å². The van der Waals surface area contributed by atoms with E-state index in [0.717, 1.165) is 0 Å². The van der Waals surface area contributed by atoms with Gasteiger partial charge in [0.25, 0.3) is 0 Å². The molecule has 8 rings (SSSR count). The zero-order valence-corrected chi connectivity index (χ0v) is 30.5. The smallest absolute Gasteiger partial charge is 0.169 e. The first-order valence-corrected chi connectivity index (χ1v) is 18.0. The number of nitrogens with two attached hydrogens (primary N) is 2. The fourth-order valence-corrected chi connectivity index (χ4v) is 5.66. The van der Waals surface area contributed by atoms with E-state index < -0.39 is 0 Å². The number of rotatable bonds is 14. The quantitative estimate of drug-likeness (QED) is 0.105. The molecular formula is C48H36N2O7. The Bertz CT molecular complexity index is 2410. The second-order valence-electron chi connectivity index (χ2n) is 12.6. The van der Waals surface area contributed by atoms with Crippen LogP contribution >= 0.6 is 0 Å². The number of nitrogen functional groups attached to an aromatic ring is 2. The van der Waals surface area contributed by atoms with Gasteiger partial charge in [0.2, 0.25) is 0 Å². The minimum atomic E-state index is 0.546. The first-order chi connectivity index (χ1) is 28.0. The van der Waals surface area contributed by atoms with Crippen molar-refractivity contribution >= 4 is 11.4 Å². The van der Waals surface area contributed by atoms with E-state index >= 15 is 0 Å². The van der Waals surface area contributed by atoms with Gasteiger partial charge in [0.1, 0.15) is 57.5 Å². The number of anilines is 2. The molecule has 9 nitrogen and oxygen atoms in total. The van der Waals surface area contributed by atoms with Gasteiger partial charge >= 0.3 is 0 Å². The van der Waals surface area contributed by atoms with Crippen molar-refractivity contribution in [2.24, 2.45) is 0 Å². The third-order valence-electron chi connectivity index (χ3n) is 8.29. The Labute approximate surface area is 329 Å². The van der Waals surface area contributed by atoms with Crippen molar-refractivity contribution < 1.29 is 33.2 Å². The molecule has 8 aromatic carbocycles. The van der Waals surface area contributed by atoms with Crippen LogP contribution in [0.3, 0.4) is 0 Å². The standard InChI is InChI=1S/C48H36N2O7/c49-33-9-5-11-39(29-33)52-41-13-7-15-43(31-41)56-47-19-3-1-17-45(47)54-37-25-21-35(22-26-37)51-36-23-27-38(28-24-36)55-46-18-2-4-20-48(46)57-44-16-8-14-42(32-44)53-40-12-6-10-34(50)30-40/h1-32H,49-50H2. The molecule has 9 heteroatoms.